The first-order valence-corrected chi connectivity index (χ1v) is 19.8. The molecule has 0 unspecified atom stereocenters. The number of hydrogen-bond donors (Lipinski definition) is 2. The maximum absolute atomic E-state index is 13.5. The molecule has 2 N–H and O–H groups in total. The van der Waals surface area contributed by atoms with Crippen molar-refractivity contribution in [3.8, 4) is 5.75 Å². The summed E-state index contributed by atoms with van der Waals surface area (Å²) in [6.45, 7) is 6.97. The van der Waals surface area contributed by atoms with Crippen molar-refractivity contribution < 1.29 is 27.4 Å². The van der Waals surface area contributed by atoms with Crippen molar-refractivity contribution in [2.24, 2.45) is 23.7 Å². The van der Waals surface area contributed by atoms with E-state index >= 15 is 0 Å². The topological polar surface area (TPSA) is 106 Å². The summed E-state index contributed by atoms with van der Waals surface area (Å²) in [4.78, 5) is 16.0. The first-order valence-electron chi connectivity index (χ1n) is 17.8. The molecule has 11 heteroatoms. The Bertz CT molecular complexity index is 1610. The van der Waals surface area contributed by atoms with Crippen LogP contribution in [0.25, 0.3) is 0 Å². The van der Waals surface area contributed by atoms with Gasteiger partial charge >= 0.3 is 0 Å². The number of hydrogen-bond acceptors (Lipinski definition) is 8. The van der Waals surface area contributed by atoms with Crippen LogP contribution in [-0.2, 0) is 31.3 Å². The standard InChI is InChI=1S/C37H50ClN3O6S/c1-23-6-4-8-31(36-45-19-29(39-3)20-46-36)30-12-9-27(30)18-41-21-37(15-5-7-25-16-28(38)11-13-32(25)37)22-47-34-14-10-26(17-33(34)41)35(42)40-48(43,44)24(23)2/h10-11,13-14,16-17,23-24,27,29-31,36,39H,4-9,12,15,18-22H2,1-3H3,(H,40,42)/t23-,24+,27-,29-,30+,31-,36-,37-/m0/s1. The molecule has 1 saturated carbocycles. The molecule has 262 valence electrons. The monoisotopic (exact) mass is 699 g/mol. The van der Waals surface area contributed by atoms with Crippen LogP contribution in [0.1, 0.15) is 80.3 Å². The molecule has 7 rings (SSSR count). The smallest absolute Gasteiger partial charge is 0.264 e. The van der Waals surface area contributed by atoms with E-state index in [0.29, 0.717) is 37.2 Å². The predicted molar refractivity (Wildman–Crippen MR) is 187 cm³/mol. The van der Waals surface area contributed by atoms with Gasteiger partial charge in [-0.05, 0) is 118 Å². The summed E-state index contributed by atoms with van der Waals surface area (Å²) in [7, 11) is -1.96. The van der Waals surface area contributed by atoms with Crippen LogP contribution in [0.4, 0.5) is 5.69 Å². The molecule has 2 aromatic rings. The van der Waals surface area contributed by atoms with Crippen LogP contribution in [0, 0.1) is 23.7 Å². The van der Waals surface area contributed by atoms with E-state index < -0.39 is 21.2 Å². The number of amides is 1. The molecular weight excluding hydrogens is 650 g/mol. The molecule has 0 aromatic heterocycles. The molecule has 2 aliphatic carbocycles. The minimum Gasteiger partial charge on any atom is -0.490 e. The second-order valence-corrected chi connectivity index (χ2v) is 17.5. The number of fused-ring (bicyclic) bond motifs is 4. The van der Waals surface area contributed by atoms with Crippen LogP contribution in [-0.4, -0.2) is 71.9 Å². The Morgan fingerprint density at radius 2 is 1.81 bits per heavy atom. The van der Waals surface area contributed by atoms with Gasteiger partial charge in [-0.1, -0.05) is 31.0 Å². The van der Waals surface area contributed by atoms with Gasteiger partial charge in [0.25, 0.3) is 5.91 Å². The minimum absolute atomic E-state index is 0.122. The highest BCUT2D eigenvalue weighted by Crippen LogP contribution is 2.49. The van der Waals surface area contributed by atoms with Crippen molar-refractivity contribution in [3.05, 3.63) is 58.1 Å². The van der Waals surface area contributed by atoms with Crippen molar-refractivity contribution in [2.75, 3.05) is 44.9 Å². The van der Waals surface area contributed by atoms with E-state index in [9.17, 15) is 13.2 Å². The van der Waals surface area contributed by atoms with Gasteiger partial charge in [-0.15, -0.1) is 0 Å². The lowest BCUT2D eigenvalue weighted by Gasteiger charge is -2.49. The van der Waals surface area contributed by atoms with E-state index in [-0.39, 0.29) is 29.6 Å². The molecule has 3 aliphatic heterocycles. The molecule has 1 saturated heterocycles. The number of anilines is 1. The SMILES string of the molecule is CN[C@H]1CO[C@H]([C@H]2CCC[C@H](C)[C@@H](C)S(=O)(=O)NC(=O)c3ccc4c(c3)N(C[C@@H]3CC[C@H]32)C[C@@]2(CCCc3cc(Cl)ccc32)CO4)OC1. The number of nitrogens with one attached hydrogen (secondary N) is 2. The summed E-state index contributed by atoms with van der Waals surface area (Å²) in [6.07, 6.45) is 7.48. The third-order valence-electron chi connectivity index (χ3n) is 12.2. The number of benzene rings is 2. The molecule has 2 fully saturated rings. The molecule has 1 amide bonds. The van der Waals surface area contributed by atoms with E-state index in [1.54, 1.807) is 13.0 Å². The fraction of sp³-hybridized carbons (Fsp3) is 0.649. The number of aryl methyl sites for hydroxylation is 1. The highest BCUT2D eigenvalue weighted by molar-refractivity contribution is 7.90. The molecule has 5 aliphatic rings. The van der Waals surface area contributed by atoms with Gasteiger partial charge in [-0.2, -0.15) is 0 Å². The van der Waals surface area contributed by atoms with E-state index in [1.165, 1.54) is 11.1 Å². The number of likely N-dealkylation sites (N-methyl/N-ethyl adjacent to an activating group) is 1. The van der Waals surface area contributed by atoms with Gasteiger partial charge in [0.15, 0.2) is 6.29 Å². The summed E-state index contributed by atoms with van der Waals surface area (Å²) >= 11 is 6.46. The van der Waals surface area contributed by atoms with Gasteiger partial charge in [0, 0.05) is 35.0 Å². The van der Waals surface area contributed by atoms with Crippen LogP contribution in [0.15, 0.2) is 36.4 Å². The molecule has 0 radical (unpaired) electrons. The van der Waals surface area contributed by atoms with Crippen LogP contribution >= 0.6 is 11.6 Å². The normalized spacial score (nSPS) is 35.3. The Labute approximate surface area is 290 Å². The number of halogens is 1. The second kappa shape index (κ2) is 13.7. The average molecular weight is 700 g/mol. The fourth-order valence-corrected chi connectivity index (χ4v) is 10.4. The predicted octanol–water partition coefficient (Wildman–Crippen LogP) is 5.68. The van der Waals surface area contributed by atoms with Crippen molar-refractivity contribution in [2.45, 2.75) is 88.2 Å². The Morgan fingerprint density at radius 1 is 1.00 bits per heavy atom. The Hall–Kier alpha value is -2.37. The Balaban J connectivity index is 1.27. The number of ether oxygens (including phenoxy) is 3. The van der Waals surface area contributed by atoms with Gasteiger partial charge in [0.2, 0.25) is 10.0 Å². The minimum atomic E-state index is -3.90. The molecule has 6 atom stereocenters. The van der Waals surface area contributed by atoms with Crippen LogP contribution in [0.3, 0.4) is 0 Å². The fourth-order valence-electron chi connectivity index (χ4n) is 8.90. The van der Waals surface area contributed by atoms with Gasteiger partial charge in [-0.25, -0.2) is 13.1 Å². The largest absolute Gasteiger partial charge is 0.490 e. The summed E-state index contributed by atoms with van der Waals surface area (Å²) in [6, 6.07) is 11.8. The zero-order valence-corrected chi connectivity index (χ0v) is 30.0. The van der Waals surface area contributed by atoms with Crippen molar-refractivity contribution in [3.63, 3.8) is 0 Å². The van der Waals surface area contributed by atoms with Gasteiger partial charge in [-0.3, -0.25) is 4.79 Å². The average Bonchev–Trinajstić information content (AvgIpc) is 3.21. The summed E-state index contributed by atoms with van der Waals surface area (Å²) in [5.41, 5.74) is 3.48. The second-order valence-electron chi connectivity index (χ2n) is 15.1. The van der Waals surface area contributed by atoms with Crippen molar-refractivity contribution >= 4 is 33.2 Å². The maximum atomic E-state index is 13.5. The first-order chi connectivity index (χ1) is 23.1. The lowest BCUT2D eigenvalue weighted by molar-refractivity contribution is -0.231. The van der Waals surface area contributed by atoms with Crippen molar-refractivity contribution in [1.82, 2.24) is 10.0 Å². The molecule has 3 heterocycles. The number of nitrogens with zero attached hydrogens (tertiary/aromatic N) is 1. The number of rotatable bonds is 2. The highest BCUT2D eigenvalue weighted by Gasteiger charge is 2.46. The first kappa shape index (κ1) is 34.1. The van der Waals surface area contributed by atoms with Crippen molar-refractivity contribution in [1.29, 1.82) is 0 Å². The van der Waals surface area contributed by atoms with Crippen LogP contribution in [0.5, 0.6) is 5.75 Å². The molecule has 2 aromatic carbocycles. The summed E-state index contributed by atoms with van der Waals surface area (Å²) < 4.78 is 48.7. The number of carbonyl (C=O) groups excluding carboxylic acids is 1. The van der Waals surface area contributed by atoms with E-state index in [1.807, 2.05) is 32.2 Å². The van der Waals surface area contributed by atoms with E-state index in [2.05, 4.69) is 27.1 Å². The third-order valence-corrected chi connectivity index (χ3v) is 14.3. The molecule has 48 heavy (non-hydrogen) atoms. The zero-order chi connectivity index (χ0) is 33.6. The van der Waals surface area contributed by atoms with Gasteiger partial charge < -0.3 is 24.4 Å². The van der Waals surface area contributed by atoms with Crippen LogP contribution in [0.2, 0.25) is 5.02 Å². The quantitative estimate of drug-likeness (QED) is 0.413. The molecule has 1 spiro atoms. The summed E-state index contributed by atoms with van der Waals surface area (Å²) in [5, 5.41) is 3.30. The molecular formula is C37H50ClN3O6S. The van der Waals surface area contributed by atoms with Gasteiger partial charge in [0.1, 0.15) is 5.75 Å². The Kier molecular flexibility index (Phi) is 9.76. The maximum Gasteiger partial charge on any atom is 0.264 e. The lowest BCUT2D eigenvalue weighted by atomic mass is 9.64. The molecule has 9 nitrogen and oxygen atoms in total. The van der Waals surface area contributed by atoms with Gasteiger partial charge in [0.05, 0.1) is 36.8 Å². The molecule has 2 bridgehead atoms. The summed E-state index contributed by atoms with van der Waals surface area (Å²) in [5.74, 6) is 1.05. The zero-order valence-electron chi connectivity index (χ0n) is 28.4. The number of carbonyl (C=O) groups is 1. The third kappa shape index (κ3) is 6.60. The highest BCUT2D eigenvalue weighted by atomic mass is 35.5. The van der Waals surface area contributed by atoms with E-state index in [0.717, 1.165) is 80.9 Å². The number of sulfonamides is 1. The van der Waals surface area contributed by atoms with Crippen LogP contribution < -0.4 is 19.7 Å². The Morgan fingerprint density at radius 3 is 2.56 bits per heavy atom. The van der Waals surface area contributed by atoms with E-state index in [4.69, 9.17) is 25.8 Å². The lowest BCUT2D eigenvalue weighted by Crippen LogP contribution is -2.52.